The Labute approximate surface area is 148 Å². The third kappa shape index (κ3) is 4.25. The van der Waals surface area contributed by atoms with Gasteiger partial charge in [0.1, 0.15) is 6.10 Å². The van der Waals surface area contributed by atoms with Crippen LogP contribution in [0.3, 0.4) is 0 Å². The minimum atomic E-state index is -0.413. The van der Waals surface area contributed by atoms with Gasteiger partial charge in [-0.2, -0.15) is 0 Å². The number of rotatable bonds is 4. The van der Waals surface area contributed by atoms with E-state index in [0.717, 1.165) is 36.8 Å². The summed E-state index contributed by atoms with van der Waals surface area (Å²) in [5.74, 6) is -0.0555. The van der Waals surface area contributed by atoms with Gasteiger partial charge in [0.2, 0.25) is 5.91 Å². The fourth-order valence-corrected chi connectivity index (χ4v) is 3.44. The molecule has 0 radical (unpaired) electrons. The molecule has 1 aromatic heterocycles. The quantitative estimate of drug-likeness (QED) is 0.835. The monoisotopic (exact) mass is 343 g/mol. The first-order valence-corrected chi connectivity index (χ1v) is 8.88. The highest BCUT2D eigenvalue weighted by Crippen LogP contribution is 2.21. The predicted molar refractivity (Wildman–Crippen MR) is 94.6 cm³/mol. The van der Waals surface area contributed by atoms with Crippen LogP contribution >= 0.6 is 0 Å². The zero-order chi connectivity index (χ0) is 17.6. The van der Waals surface area contributed by atoms with Gasteiger partial charge in [0.25, 0.3) is 5.91 Å². The van der Waals surface area contributed by atoms with Crippen molar-refractivity contribution in [2.24, 2.45) is 0 Å². The lowest BCUT2D eigenvalue weighted by atomic mass is 10.0. The molecule has 1 aromatic rings. The summed E-state index contributed by atoms with van der Waals surface area (Å²) in [5, 5.41) is 0. The molecule has 0 aromatic carbocycles. The summed E-state index contributed by atoms with van der Waals surface area (Å²) in [6.07, 6.45) is 8.72. The lowest BCUT2D eigenvalue weighted by molar-refractivity contribution is -0.146. The molecule has 25 heavy (non-hydrogen) atoms. The molecule has 3 heterocycles. The molecule has 2 aliphatic heterocycles. The maximum Gasteiger partial charge on any atom is 0.252 e. The normalized spacial score (nSPS) is 21.7. The first-order chi connectivity index (χ1) is 12.2. The molecule has 0 aliphatic carbocycles. The van der Waals surface area contributed by atoms with Crippen molar-refractivity contribution in [2.75, 3.05) is 33.3 Å². The fraction of sp³-hybridized carbons (Fsp3) is 0.526. The smallest absolute Gasteiger partial charge is 0.252 e. The molecule has 6 nitrogen and oxygen atoms in total. The number of hydrogen-bond donors (Lipinski definition) is 0. The van der Waals surface area contributed by atoms with Gasteiger partial charge in [-0.25, -0.2) is 0 Å². The van der Waals surface area contributed by atoms with Gasteiger partial charge in [-0.15, -0.1) is 0 Å². The Morgan fingerprint density at radius 1 is 1.28 bits per heavy atom. The van der Waals surface area contributed by atoms with Crippen molar-refractivity contribution in [3.05, 3.63) is 36.2 Å². The Bertz CT molecular complexity index is 645. The third-order valence-corrected chi connectivity index (χ3v) is 4.90. The van der Waals surface area contributed by atoms with Gasteiger partial charge < -0.3 is 14.5 Å². The number of aromatic nitrogens is 1. The Kier molecular flexibility index (Phi) is 5.81. The largest absolute Gasteiger partial charge is 0.372 e. The Hall–Kier alpha value is -2.21. The van der Waals surface area contributed by atoms with Crippen LogP contribution in [0.4, 0.5) is 0 Å². The van der Waals surface area contributed by atoms with Gasteiger partial charge in [0, 0.05) is 39.1 Å². The molecule has 1 atom stereocenters. The van der Waals surface area contributed by atoms with Crippen molar-refractivity contribution < 1.29 is 14.3 Å². The van der Waals surface area contributed by atoms with E-state index in [1.54, 1.807) is 24.4 Å². The zero-order valence-electron chi connectivity index (χ0n) is 14.7. The highest BCUT2D eigenvalue weighted by atomic mass is 16.5. The van der Waals surface area contributed by atoms with Crippen LogP contribution in [0.5, 0.6) is 0 Å². The second kappa shape index (κ2) is 8.25. The minimum absolute atomic E-state index is 0.00441. The van der Waals surface area contributed by atoms with Gasteiger partial charge in [-0.05, 0) is 49.0 Å². The molecule has 1 unspecified atom stereocenters. The topological polar surface area (TPSA) is 62.7 Å². The molecule has 3 rings (SSSR count). The molecule has 0 saturated carbocycles. The van der Waals surface area contributed by atoms with E-state index in [-0.39, 0.29) is 18.4 Å². The van der Waals surface area contributed by atoms with E-state index in [1.807, 2.05) is 17.0 Å². The fourth-order valence-electron chi connectivity index (χ4n) is 3.44. The number of nitrogens with zero attached hydrogens (tertiary/aromatic N) is 3. The summed E-state index contributed by atoms with van der Waals surface area (Å²) in [4.78, 5) is 32.8. The van der Waals surface area contributed by atoms with Crippen molar-refractivity contribution in [1.82, 2.24) is 14.8 Å². The lowest BCUT2D eigenvalue weighted by Crippen LogP contribution is -2.47. The van der Waals surface area contributed by atoms with Gasteiger partial charge in [0.05, 0.1) is 6.54 Å². The van der Waals surface area contributed by atoms with Crippen LogP contribution in [0.15, 0.2) is 30.6 Å². The molecule has 0 N–H and O–H groups in total. The van der Waals surface area contributed by atoms with Gasteiger partial charge in [-0.1, -0.05) is 6.08 Å². The molecule has 2 amide bonds. The van der Waals surface area contributed by atoms with Crippen molar-refractivity contribution >= 4 is 17.4 Å². The van der Waals surface area contributed by atoms with E-state index in [0.29, 0.717) is 19.6 Å². The molecular formula is C19H25N3O3. The highest BCUT2D eigenvalue weighted by Gasteiger charge is 2.29. The van der Waals surface area contributed by atoms with E-state index in [2.05, 4.69) is 11.1 Å². The van der Waals surface area contributed by atoms with Crippen molar-refractivity contribution in [1.29, 1.82) is 0 Å². The van der Waals surface area contributed by atoms with Crippen molar-refractivity contribution in [3.8, 4) is 0 Å². The van der Waals surface area contributed by atoms with Crippen LogP contribution in [0, 0.1) is 0 Å². The molecule has 0 bridgehead atoms. The molecule has 1 fully saturated rings. The number of carbonyl (C=O) groups excluding carboxylic acids is 2. The molecule has 6 heteroatoms. The van der Waals surface area contributed by atoms with Gasteiger partial charge >= 0.3 is 0 Å². The molecule has 2 aliphatic rings. The summed E-state index contributed by atoms with van der Waals surface area (Å²) < 4.78 is 5.28. The van der Waals surface area contributed by atoms with Gasteiger partial charge in [-0.3, -0.25) is 14.6 Å². The molecule has 0 spiro atoms. The number of pyridine rings is 1. The second-order valence-corrected chi connectivity index (χ2v) is 6.55. The van der Waals surface area contributed by atoms with Crippen LogP contribution in [-0.2, 0) is 14.3 Å². The van der Waals surface area contributed by atoms with Crippen LogP contribution in [-0.4, -0.2) is 66.0 Å². The van der Waals surface area contributed by atoms with Gasteiger partial charge in [0.15, 0.2) is 0 Å². The molecule has 1 saturated heterocycles. The van der Waals surface area contributed by atoms with E-state index in [4.69, 9.17) is 4.74 Å². The number of ether oxygens (including phenoxy) is 1. The lowest BCUT2D eigenvalue weighted by Gasteiger charge is -2.31. The molecule has 134 valence electrons. The first-order valence-electron chi connectivity index (χ1n) is 8.88. The van der Waals surface area contributed by atoms with E-state index < -0.39 is 6.10 Å². The first kappa shape index (κ1) is 17.6. The van der Waals surface area contributed by atoms with E-state index >= 15 is 0 Å². The summed E-state index contributed by atoms with van der Waals surface area (Å²) in [5.41, 5.74) is 2.23. The average Bonchev–Trinajstić information content (AvgIpc) is 2.84. The molecular weight excluding hydrogens is 318 g/mol. The summed E-state index contributed by atoms with van der Waals surface area (Å²) in [6, 6.07) is 3.92. The Morgan fingerprint density at radius 2 is 2.08 bits per heavy atom. The number of likely N-dealkylation sites (tertiary alicyclic amines) is 1. The van der Waals surface area contributed by atoms with Crippen LogP contribution in [0.1, 0.15) is 31.2 Å². The summed E-state index contributed by atoms with van der Waals surface area (Å²) in [6.45, 7) is 2.05. The predicted octanol–water partition coefficient (Wildman–Crippen LogP) is 1.72. The van der Waals surface area contributed by atoms with Crippen LogP contribution in [0.25, 0.3) is 5.57 Å². The number of hydrogen-bond acceptors (Lipinski definition) is 4. The van der Waals surface area contributed by atoms with E-state index in [9.17, 15) is 9.59 Å². The SMILES string of the molecule is COC1CCCCN(CC(=O)N2CCC=C(c3ccncc3)C2)C1=O. The van der Waals surface area contributed by atoms with Crippen molar-refractivity contribution in [2.45, 2.75) is 31.8 Å². The third-order valence-electron chi connectivity index (χ3n) is 4.90. The number of methoxy groups -OCH3 is 1. The zero-order valence-corrected chi connectivity index (χ0v) is 14.7. The summed E-state index contributed by atoms with van der Waals surface area (Å²) in [7, 11) is 1.56. The second-order valence-electron chi connectivity index (χ2n) is 6.55. The Morgan fingerprint density at radius 3 is 2.84 bits per heavy atom. The number of carbonyl (C=O) groups is 2. The minimum Gasteiger partial charge on any atom is -0.372 e. The van der Waals surface area contributed by atoms with Crippen LogP contribution < -0.4 is 0 Å². The Balaban J connectivity index is 1.63. The maximum atomic E-state index is 12.7. The summed E-state index contributed by atoms with van der Waals surface area (Å²) >= 11 is 0. The maximum absolute atomic E-state index is 12.7. The van der Waals surface area contributed by atoms with Crippen LogP contribution in [0.2, 0.25) is 0 Å². The number of amides is 2. The van der Waals surface area contributed by atoms with E-state index in [1.165, 1.54) is 0 Å². The highest BCUT2D eigenvalue weighted by molar-refractivity contribution is 5.88. The van der Waals surface area contributed by atoms with Crippen molar-refractivity contribution in [3.63, 3.8) is 0 Å². The standard InChI is InChI=1S/C19H25N3O3/c1-25-17-6-2-3-11-22(19(17)24)14-18(23)21-12-4-5-16(13-21)15-7-9-20-10-8-15/h5,7-10,17H,2-4,6,11-14H2,1H3. The average molecular weight is 343 g/mol.